The van der Waals surface area contributed by atoms with Crippen LogP contribution in [0.5, 0.6) is 5.75 Å². The average molecular weight is 397 g/mol. The molecule has 2 aromatic carbocycles. The van der Waals surface area contributed by atoms with Crippen LogP contribution in [0.3, 0.4) is 0 Å². The van der Waals surface area contributed by atoms with E-state index in [1.165, 1.54) is 7.11 Å². The van der Waals surface area contributed by atoms with Gasteiger partial charge in [-0.1, -0.05) is 11.6 Å². The maximum atomic E-state index is 14.4. The Bertz CT molecular complexity index is 1150. The van der Waals surface area contributed by atoms with Crippen LogP contribution in [0.4, 0.5) is 24.7 Å². The fourth-order valence-electron chi connectivity index (χ4n) is 2.72. The molecule has 27 heavy (non-hydrogen) atoms. The lowest BCUT2D eigenvalue weighted by molar-refractivity contribution is 0.101. The van der Waals surface area contributed by atoms with Crippen LogP contribution in [0.25, 0.3) is 10.9 Å². The van der Waals surface area contributed by atoms with Crippen molar-refractivity contribution in [2.24, 2.45) is 0 Å². The number of ketones is 1. The van der Waals surface area contributed by atoms with Crippen LogP contribution < -0.4 is 15.5 Å². The van der Waals surface area contributed by atoms with Crippen molar-refractivity contribution in [3.63, 3.8) is 0 Å². The Balaban J connectivity index is 2.34. The van der Waals surface area contributed by atoms with E-state index >= 15 is 0 Å². The first-order valence-corrected chi connectivity index (χ1v) is 7.97. The van der Waals surface area contributed by atoms with E-state index in [-0.39, 0.29) is 38.7 Å². The lowest BCUT2D eigenvalue weighted by Crippen LogP contribution is -2.19. The summed E-state index contributed by atoms with van der Waals surface area (Å²) in [5.41, 5.74) is -1.72. The summed E-state index contributed by atoms with van der Waals surface area (Å²) in [7, 11) is 1.24. The zero-order valence-corrected chi connectivity index (χ0v) is 14.8. The summed E-state index contributed by atoms with van der Waals surface area (Å²) in [6.07, 6.45) is 0. The number of carbonyl (C=O) groups excluding carboxylic acids is 1. The van der Waals surface area contributed by atoms with Crippen molar-refractivity contribution >= 4 is 39.8 Å². The minimum Gasteiger partial charge on any atom is -0.494 e. The van der Waals surface area contributed by atoms with E-state index in [2.05, 4.69) is 10.3 Å². The molecule has 0 fully saturated rings. The molecule has 0 spiro atoms. The predicted molar refractivity (Wildman–Crippen MR) is 95.7 cm³/mol. The maximum Gasteiger partial charge on any atom is 0.206 e. The molecular formula is C18H12ClF3N2O3. The zero-order chi connectivity index (χ0) is 19.9. The van der Waals surface area contributed by atoms with Crippen LogP contribution in [0.15, 0.2) is 29.1 Å². The van der Waals surface area contributed by atoms with Crippen molar-refractivity contribution in [2.75, 3.05) is 12.4 Å². The first-order chi connectivity index (χ1) is 12.7. The molecule has 3 rings (SSSR count). The van der Waals surface area contributed by atoms with Gasteiger partial charge >= 0.3 is 0 Å². The quantitative estimate of drug-likeness (QED) is 0.634. The Hall–Kier alpha value is -3.00. The number of anilines is 2. The number of pyridine rings is 1. The normalized spacial score (nSPS) is 10.9. The molecule has 2 N–H and O–H groups in total. The molecule has 1 heterocycles. The number of rotatable bonds is 4. The second-order valence-corrected chi connectivity index (χ2v) is 6.04. The van der Waals surface area contributed by atoms with E-state index in [0.717, 1.165) is 25.1 Å². The third kappa shape index (κ3) is 3.23. The van der Waals surface area contributed by atoms with Crippen molar-refractivity contribution in [1.82, 2.24) is 4.98 Å². The lowest BCUT2D eigenvalue weighted by Gasteiger charge is -2.15. The summed E-state index contributed by atoms with van der Waals surface area (Å²) in [5, 5.41) is 2.11. The molecule has 3 aromatic rings. The maximum absolute atomic E-state index is 14.4. The number of hydrogen-bond donors (Lipinski definition) is 2. The molecule has 9 heteroatoms. The van der Waals surface area contributed by atoms with Gasteiger partial charge in [-0.15, -0.1) is 0 Å². The highest BCUT2D eigenvalue weighted by Crippen LogP contribution is 2.34. The molecule has 0 radical (unpaired) electrons. The number of aromatic nitrogens is 1. The van der Waals surface area contributed by atoms with E-state index < -0.39 is 28.7 Å². The summed E-state index contributed by atoms with van der Waals surface area (Å²) in [6.45, 7) is 1.12. The second kappa shape index (κ2) is 6.96. The van der Waals surface area contributed by atoms with Crippen molar-refractivity contribution < 1.29 is 22.7 Å². The van der Waals surface area contributed by atoms with Gasteiger partial charge in [0.05, 0.1) is 28.7 Å². The van der Waals surface area contributed by atoms with Crippen molar-refractivity contribution in [1.29, 1.82) is 0 Å². The number of fused-ring (bicyclic) bond motifs is 1. The summed E-state index contributed by atoms with van der Waals surface area (Å²) < 4.78 is 46.5. The summed E-state index contributed by atoms with van der Waals surface area (Å²) in [4.78, 5) is 27.5. The third-order valence-corrected chi connectivity index (χ3v) is 4.17. The Morgan fingerprint density at radius 3 is 2.48 bits per heavy atom. The monoisotopic (exact) mass is 396 g/mol. The standard InChI is InChI=1S/C18H12ClF3N2O3/c1-7(25)13-16(26)14-15(11(22)6-9(19)17(14)27-2)24-18(13)23-12-4-3-8(20)5-10(12)21/h3-6H,1-2H3,(H2,23,24,26). The van der Waals surface area contributed by atoms with Gasteiger partial charge in [-0.2, -0.15) is 0 Å². The van der Waals surface area contributed by atoms with Gasteiger partial charge < -0.3 is 15.0 Å². The van der Waals surface area contributed by atoms with Crippen LogP contribution >= 0.6 is 11.6 Å². The van der Waals surface area contributed by atoms with Crippen LogP contribution in [0, 0.1) is 17.5 Å². The van der Waals surface area contributed by atoms with E-state index in [0.29, 0.717) is 6.07 Å². The van der Waals surface area contributed by atoms with E-state index in [9.17, 15) is 22.8 Å². The number of halogens is 4. The first-order valence-electron chi connectivity index (χ1n) is 7.59. The zero-order valence-electron chi connectivity index (χ0n) is 14.0. The first kappa shape index (κ1) is 18.8. The number of nitrogens with one attached hydrogen (secondary N) is 2. The summed E-state index contributed by atoms with van der Waals surface area (Å²) in [5.74, 6) is -3.64. The fourth-order valence-corrected chi connectivity index (χ4v) is 2.99. The van der Waals surface area contributed by atoms with Crippen molar-refractivity contribution in [3.05, 3.63) is 62.5 Å². The Kier molecular flexibility index (Phi) is 4.84. The highest BCUT2D eigenvalue weighted by atomic mass is 35.5. The lowest BCUT2D eigenvalue weighted by atomic mass is 10.1. The van der Waals surface area contributed by atoms with Gasteiger partial charge in [0, 0.05) is 6.07 Å². The van der Waals surface area contributed by atoms with Gasteiger partial charge in [-0.3, -0.25) is 9.59 Å². The SMILES string of the molecule is COc1c(Cl)cc(F)c2[nH]c(Nc3ccc(F)cc3F)c(C(C)=O)c(=O)c12. The van der Waals surface area contributed by atoms with Gasteiger partial charge in [-0.05, 0) is 25.1 Å². The topological polar surface area (TPSA) is 71.2 Å². The van der Waals surface area contributed by atoms with Gasteiger partial charge in [0.1, 0.15) is 28.8 Å². The molecule has 0 atom stereocenters. The van der Waals surface area contributed by atoms with E-state index in [1.54, 1.807) is 0 Å². The molecule has 0 bridgehead atoms. The molecule has 0 unspecified atom stereocenters. The number of carbonyl (C=O) groups is 1. The largest absolute Gasteiger partial charge is 0.494 e. The number of ether oxygens (including phenoxy) is 1. The highest BCUT2D eigenvalue weighted by Gasteiger charge is 2.23. The van der Waals surface area contributed by atoms with Crippen LogP contribution in [0.1, 0.15) is 17.3 Å². The molecular weight excluding hydrogens is 385 g/mol. The van der Waals surface area contributed by atoms with Gasteiger partial charge in [-0.25, -0.2) is 13.2 Å². The van der Waals surface area contributed by atoms with Crippen molar-refractivity contribution in [2.45, 2.75) is 6.92 Å². The highest BCUT2D eigenvalue weighted by molar-refractivity contribution is 6.33. The number of benzene rings is 2. The molecule has 0 aliphatic rings. The van der Waals surface area contributed by atoms with Crippen LogP contribution in [0.2, 0.25) is 5.02 Å². The number of Topliss-reactive ketones (excluding diaryl/α,β-unsaturated/α-hetero) is 1. The second-order valence-electron chi connectivity index (χ2n) is 5.63. The number of methoxy groups -OCH3 is 1. The molecule has 0 saturated heterocycles. The molecule has 0 aliphatic heterocycles. The third-order valence-electron chi connectivity index (χ3n) is 3.89. The Morgan fingerprint density at radius 1 is 1.19 bits per heavy atom. The average Bonchev–Trinajstić information content (AvgIpc) is 2.58. The minimum absolute atomic E-state index is 0.101. The summed E-state index contributed by atoms with van der Waals surface area (Å²) >= 11 is 5.91. The number of aromatic amines is 1. The molecule has 5 nitrogen and oxygen atoms in total. The molecule has 0 amide bonds. The molecule has 1 aromatic heterocycles. The van der Waals surface area contributed by atoms with Crippen LogP contribution in [-0.2, 0) is 0 Å². The molecule has 0 aliphatic carbocycles. The van der Waals surface area contributed by atoms with Crippen LogP contribution in [-0.4, -0.2) is 17.9 Å². The van der Waals surface area contributed by atoms with Gasteiger partial charge in [0.25, 0.3) is 0 Å². The molecule has 140 valence electrons. The smallest absolute Gasteiger partial charge is 0.206 e. The number of hydrogen-bond acceptors (Lipinski definition) is 4. The van der Waals surface area contributed by atoms with Gasteiger partial charge in [0.2, 0.25) is 5.43 Å². The van der Waals surface area contributed by atoms with E-state index in [1.807, 2.05) is 0 Å². The van der Waals surface area contributed by atoms with E-state index in [4.69, 9.17) is 16.3 Å². The number of H-pyrrole nitrogens is 1. The fraction of sp³-hybridized carbons (Fsp3) is 0.111. The van der Waals surface area contributed by atoms with Gasteiger partial charge in [0.15, 0.2) is 11.5 Å². The predicted octanol–water partition coefficient (Wildman–Crippen LogP) is 4.55. The minimum atomic E-state index is -0.959. The Morgan fingerprint density at radius 2 is 1.89 bits per heavy atom. The van der Waals surface area contributed by atoms with Crippen molar-refractivity contribution in [3.8, 4) is 5.75 Å². The summed E-state index contributed by atoms with van der Waals surface area (Å²) in [6, 6.07) is 3.63. The Labute approximate surface area is 155 Å². The molecule has 0 saturated carbocycles.